The smallest absolute Gasteiger partial charge is 0.256 e. The van der Waals surface area contributed by atoms with E-state index >= 15 is 0 Å². The summed E-state index contributed by atoms with van der Waals surface area (Å²) in [5, 5.41) is 3.59. The zero-order chi connectivity index (χ0) is 11.8. The molecule has 1 aromatic heterocycles. The van der Waals surface area contributed by atoms with Crippen molar-refractivity contribution in [2.45, 2.75) is 0 Å². The number of aromatic nitrogens is 1. The first-order chi connectivity index (χ1) is 8.31. The lowest BCUT2D eigenvalue weighted by atomic mass is 10.0. The molecule has 0 saturated heterocycles. The molecule has 2 aromatic rings. The molecule has 3 nitrogen and oxygen atoms in total. The molecular formula is C13H11FN2O. The van der Waals surface area contributed by atoms with Crippen molar-refractivity contribution in [1.29, 1.82) is 0 Å². The van der Waals surface area contributed by atoms with Gasteiger partial charge >= 0.3 is 0 Å². The minimum Gasteiger partial charge on any atom is -0.321 e. The molecule has 86 valence electrons. The number of carbonyl (C=O) groups is 1. The van der Waals surface area contributed by atoms with E-state index < -0.39 is 6.67 Å². The van der Waals surface area contributed by atoms with Gasteiger partial charge in [-0.05, 0) is 24.3 Å². The summed E-state index contributed by atoms with van der Waals surface area (Å²) in [6, 6.07) is 7.32. The highest BCUT2D eigenvalue weighted by Crippen LogP contribution is 2.36. The molecule has 2 heterocycles. The Bertz CT molecular complexity index is 654. The van der Waals surface area contributed by atoms with Crippen molar-refractivity contribution in [2.24, 2.45) is 0 Å². The Kier molecular flexibility index (Phi) is 2.14. The second-order valence-corrected chi connectivity index (χ2v) is 3.78. The number of amides is 1. The first-order valence-corrected chi connectivity index (χ1v) is 5.27. The molecule has 0 fully saturated rings. The van der Waals surface area contributed by atoms with Gasteiger partial charge in [0.15, 0.2) is 0 Å². The first-order valence-electron chi connectivity index (χ1n) is 5.27. The highest BCUT2D eigenvalue weighted by Gasteiger charge is 2.25. The number of benzene rings is 1. The van der Waals surface area contributed by atoms with Crippen LogP contribution in [-0.4, -0.2) is 17.6 Å². The van der Waals surface area contributed by atoms with Crippen molar-refractivity contribution in [3.63, 3.8) is 0 Å². The summed E-state index contributed by atoms with van der Waals surface area (Å²) < 4.78 is 12.4. The van der Waals surface area contributed by atoms with Gasteiger partial charge in [0, 0.05) is 29.8 Å². The van der Waals surface area contributed by atoms with E-state index in [4.69, 9.17) is 0 Å². The van der Waals surface area contributed by atoms with Crippen LogP contribution in [0, 0.1) is 0 Å². The van der Waals surface area contributed by atoms with Crippen molar-refractivity contribution in [3.8, 4) is 0 Å². The van der Waals surface area contributed by atoms with Gasteiger partial charge in [-0.25, -0.2) is 4.39 Å². The number of nitrogens with zero attached hydrogens (tertiary/aromatic N) is 1. The lowest BCUT2D eigenvalue weighted by Gasteiger charge is -2.03. The van der Waals surface area contributed by atoms with Gasteiger partial charge in [-0.15, -0.1) is 0 Å². The molecule has 1 N–H and O–H groups in total. The molecule has 1 aliphatic rings. The van der Waals surface area contributed by atoms with E-state index in [0.717, 1.165) is 22.2 Å². The number of halogens is 1. The minimum atomic E-state index is -0.654. The van der Waals surface area contributed by atoms with E-state index in [0.29, 0.717) is 5.57 Å². The first kappa shape index (κ1) is 9.96. The fraction of sp³-hybridized carbons (Fsp3) is 0.0769. The molecule has 0 unspecified atom stereocenters. The Morgan fingerprint density at radius 3 is 3.12 bits per heavy atom. The number of pyridine rings is 1. The topological polar surface area (TPSA) is 42.0 Å². The van der Waals surface area contributed by atoms with E-state index in [2.05, 4.69) is 10.3 Å². The fourth-order valence-corrected chi connectivity index (χ4v) is 2.12. The third-order valence-electron chi connectivity index (χ3n) is 2.83. The van der Waals surface area contributed by atoms with E-state index in [1.54, 1.807) is 18.3 Å². The second kappa shape index (κ2) is 3.66. The van der Waals surface area contributed by atoms with Crippen LogP contribution < -0.4 is 5.32 Å². The van der Waals surface area contributed by atoms with Crippen molar-refractivity contribution < 1.29 is 10.6 Å². The highest BCUT2D eigenvalue weighted by atomic mass is 19.1. The van der Waals surface area contributed by atoms with Crippen LogP contribution in [-0.2, 0) is 4.79 Å². The van der Waals surface area contributed by atoms with Gasteiger partial charge in [0.25, 0.3) is 5.91 Å². The number of hydrogen-bond acceptors (Lipinski definition) is 2. The van der Waals surface area contributed by atoms with Crippen LogP contribution >= 0.6 is 0 Å². The lowest BCUT2D eigenvalue weighted by Crippen LogP contribution is -2.03. The summed E-state index contributed by atoms with van der Waals surface area (Å²) >= 11 is 0. The number of alkyl halides is 1. The Labute approximate surface area is 98.5 Å². The molecule has 0 saturated carbocycles. The van der Waals surface area contributed by atoms with Crippen LogP contribution in [0.1, 0.15) is 6.99 Å². The zero-order valence-electron chi connectivity index (χ0n) is 8.90. The normalized spacial score (nSPS) is 16.3. The lowest BCUT2D eigenvalue weighted by molar-refractivity contribution is -0.110. The molecule has 4 heteroatoms. The Morgan fingerprint density at radius 1 is 1.41 bits per heavy atom. The van der Waals surface area contributed by atoms with E-state index in [-0.39, 0.29) is 7.33 Å². The molecule has 0 aliphatic carbocycles. The number of allylic oxidation sites excluding steroid dienone is 1. The number of nitrogens with one attached hydrogen (secondary N) is 1. The number of hydrogen-bond donors (Lipinski definition) is 1. The maximum Gasteiger partial charge on any atom is 0.256 e. The third-order valence-corrected chi connectivity index (χ3v) is 2.83. The summed E-state index contributed by atoms with van der Waals surface area (Å²) in [7, 11) is 0. The summed E-state index contributed by atoms with van der Waals surface area (Å²) in [6.07, 6.45) is 2.99. The Morgan fingerprint density at radius 2 is 2.29 bits per heavy atom. The number of fused-ring (bicyclic) bond motifs is 3. The molecule has 17 heavy (non-hydrogen) atoms. The van der Waals surface area contributed by atoms with Crippen LogP contribution in [0.15, 0.2) is 36.5 Å². The maximum absolute atomic E-state index is 12.4. The molecule has 3 rings (SSSR count). The summed E-state index contributed by atoms with van der Waals surface area (Å²) in [5.41, 5.74) is 2.65. The van der Waals surface area contributed by atoms with Gasteiger partial charge in [0.1, 0.15) is 6.67 Å². The standard InChI is InChI=1S/C13H9FN2O.H2/c14-6-5-9-12-8-2-1-7-15-10(8)3-4-11(12)16-13(9)17;/h1-5,7H,6H2,(H,16,17);1H/b9-5-;. The van der Waals surface area contributed by atoms with Crippen LogP contribution in [0.2, 0.25) is 0 Å². The molecule has 0 radical (unpaired) electrons. The van der Waals surface area contributed by atoms with Gasteiger partial charge in [-0.1, -0.05) is 6.07 Å². The molecule has 1 aliphatic heterocycles. The number of anilines is 1. The minimum absolute atomic E-state index is 0. The van der Waals surface area contributed by atoms with Gasteiger partial charge in [0.2, 0.25) is 0 Å². The van der Waals surface area contributed by atoms with Gasteiger partial charge in [-0.3, -0.25) is 9.78 Å². The van der Waals surface area contributed by atoms with Crippen LogP contribution in [0.4, 0.5) is 10.1 Å². The predicted octanol–water partition coefficient (Wildman–Crippen LogP) is 2.79. The van der Waals surface area contributed by atoms with Crippen molar-refractivity contribution in [3.05, 3.63) is 42.1 Å². The van der Waals surface area contributed by atoms with E-state index in [9.17, 15) is 9.18 Å². The zero-order valence-corrected chi connectivity index (χ0v) is 8.90. The fourth-order valence-electron chi connectivity index (χ4n) is 2.12. The van der Waals surface area contributed by atoms with Gasteiger partial charge in [-0.2, -0.15) is 0 Å². The average Bonchev–Trinajstić information content (AvgIpc) is 2.67. The molecule has 0 atom stereocenters. The number of rotatable bonds is 1. The average molecular weight is 230 g/mol. The summed E-state index contributed by atoms with van der Waals surface area (Å²) in [5.74, 6) is -0.256. The van der Waals surface area contributed by atoms with E-state index in [1.165, 1.54) is 6.08 Å². The summed E-state index contributed by atoms with van der Waals surface area (Å²) in [6.45, 7) is -0.654. The largest absolute Gasteiger partial charge is 0.321 e. The quantitative estimate of drug-likeness (QED) is 0.765. The van der Waals surface area contributed by atoms with E-state index in [1.807, 2.05) is 12.1 Å². The SMILES string of the molecule is O=C1Nc2ccc3ncccc3c2/C1=C/CF.[HH]. The van der Waals surface area contributed by atoms with Gasteiger partial charge < -0.3 is 5.32 Å². The van der Waals surface area contributed by atoms with Crippen LogP contribution in [0.5, 0.6) is 0 Å². The van der Waals surface area contributed by atoms with Crippen molar-refractivity contribution >= 4 is 28.1 Å². The number of carbonyl (C=O) groups excluding carboxylic acids is 1. The molecular weight excluding hydrogens is 219 g/mol. The molecule has 0 spiro atoms. The van der Waals surface area contributed by atoms with Crippen LogP contribution in [0.25, 0.3) is 16.5 Å². The monoisotopic (exact) mass is 230 g/mol. The van der Waals surface area contributed by atoms with Crippen molar-refractivity contribution in [2.75, 3.05) is 12.0 Å². The summed E-state index contributed by atoms with van der Waals surface area (Å²) in [4.78, 5) is 15.9. The maximum atomic E-state index is 12.4. The predicted molar refractivity (Wildman–Crippen MR) is 66.4 cm³/mol. The Balaban J connectivity index is 0.00000120. The van der Waals surface area contributed by atoms with Crippen molar-refractivity contribution in [1.82, 2.24) is 4.98 Å². The highest BCUT2D eigenvalue weighted by molar-refractivity contribution is 6.34. The molecule has 1 aromatic carbocycles. The van der Waals surface area contributed by atoms with Gasteiger partial charge in [0.05, 0.1) is 5.52 Å². The third kappa shape index (κ3) is 1.41. The second-order valence-electron chi connectivity index (χ2n) is 3.78. The molecule has 1 amide bonds. The Hall–Kier alpha value is -2.23. The molecule has 0 bridgehead atoms. The van der Waals surface area contributed by atoms with Crippen LogP contribution in [0.3, 0.4) is 0 Å².